The van der Waals surface area contributed by atoms with Crippen LogP contribution in [0.4, 0.5) is 0 Å². The van der Waals surface area contributed by atoms with Gasteiger partial charge in [0, 0.05) is 13.1 Å². The molecule has 19 heavy (non-hydrogen) atoms. The van der Waals surface area contributed by atoms with Crippen LogP contribution in [0.1, 0.15) is 45.4 Å². The number of nitrogens with zero attached hydrogens (tertiary/aromatic N) is 1. The van der Waals surface area contributed by atoms with Crippen LogP contribution in [0.2, 0.25) is 0 Å². The van der Waals surface area contributed by atoms with Crippen LogP contribution in [0.25, 0.3) is 0 Å². The highest BCUT2D eigenvalue weighted by Gasteiger charge is 2.29. The fraction of sp³-hybridized carbons (Fsp3) is 0.875. The fourth-order valence-corrected chi connectivity index (χ4v) is 3.14. The number of allylic oxidation sites excluding steroid dienone is 1. The first-order chi connectivity index (χ1) is 9.31. The van der Waals surface area contributed by atoms with Crippen molar-refractivity contribution < 1.29 is 4.74 Å². The highest BCUT2D eigenvalue weighted by molar-refractivity contribution is 5.15. The summed E-state index contributed by atoms with van der Waals surface area (Å²) >= 11 is 0. The molecule has 2 unspecified atom stereocenters. The topological polar surface area (TPSA) is 24.5 Å². The fourth-order valence-electron chi connectivity index (χ4n) is 3.14. The van der Waals surface area contributed by atoms with E-state index in [1.807, 2.05) is 0 Å². The third kappa shape index (κ3) is 4.59. The second kappa shape index (κ2) is 8.03. The van der Waals surface area contributed by atoms with Crippen molar-refractivity contribution in [2.75, 3.05) is 33.3 Å². The second-order valence-electron chi connectivity index (χ2n) is 5.98. The summed E-state index contributed by atoms with van der Waals surface area (Å²) in [4.78, 5) is 2.39. The SMILES string of the molecule is CCCNC(C1=CCCCCC1)C1CN(C)CCO1. The number of hydrogen-bond acceptors (Lipinski definition) is 3. The van der Waals surface area contributed by atoms with E-state index < -0.39 is 0 Å². The smallest absolute Gasteiger partial charge is 0.0893 e. The van der Waals surface area contributed by atoms with E-state index in [2.05, 4.69) is 30.3 Å². The molecule has 1 heterocycles. The summed E-state index contributed by atoms with van der Waals surface area (Å²) in [5, 5.41) is 3.74. The number of morpholine rings is 1. The standard InChI is InChI=1S/C16H30N2O/c1-3-10-17-16(14-8-6-4-5-7-9-14)15-13-18(2)11-12-19-15/h8,15-17H,3-7,9-13H2,1-2H3. The Morgan fingerprint density at radius 2 is 2.32 bits per heavy atom. The molecule has 1 aliphatic carbocycles. The number of rotatable bonds is 5. The maximum Gasteiger partial charge on any atom is 0.0893 e. The van der Waals surface area contributed by atoms with Crippen LogP contribution in [-0.2, 0) is 4.74 Å². The summed E-state index contributed by atoms with van der Waals surface area (Å²) in [5.41, 5.74) is 1.60. The van der Waals surface area contributed by atoms with Gasteiger partial charge in [-0.3, -0.25) is 0 Å². The van der Waals surface area contributed by atoms with E-state index in [1.54, 1.807) is 5.57 Å². The predicted molar refractivity (Wildman–Crippen MR) is 80.5 cm³/mol. The molecule has 1 fully saturated rings. The molecule has 2 aliphatic rings. The van der Waals surface area contributed by atoms with Gasteiger partial charge in [0.15, 0.2) is 0 Å². The summed E-state index contributed by atoms with van der Waals surface area (Å²) in [5.74, 6) is 0. The third-order valence-corrected chi connectivity index (χ3v) is 4.26. The number of hydrogen-bond donors (Lipinski definition) is 1. The highest BCUT2D eigenvalue weighted by atomic mass is 16.5. The van der Waals surface area contributed by atoms with E-state index in [0.29, 0.717) is 12.1 Å². The van der Waals surface area contributed by atoms with Crippen molar-refractivity contribution in [3.63, 3.8) is 0 Å². The van der Waals surface area contributed by atoms with Crippen LogP contribution >= 0.6 is 0 Å². The minimum absolute atomic E-state index is 0.328. The van der Waals surface area contributed by atoms with E-state index in [0.717, 1.165) is 26.2 Å². The molecule has 3 heteroatoms. The molecule has 0 aromatic carbocycles. The van der Waals surface area contributed by atoms with Gasteiger partial charge in [0.05, 0.1) is 18.8 Å². The number of nitrogens with one attached hydrogen (secondary N) is 1. The number of ether oxygens (including phenoxy) is 1. The summed E-state index contributed by atoms with van der Waals surface area (Å²) in [6.07, 6.45) is 10.6. The molecule has 0 amide bonds. The molecule has 0 spiro atoms. The minimum Gasteiger partial charge on any atom is -0.374 e. The van der Waals surface area contributed by atoms with Crippen molar-refractivity contribution in [2.45, 2.75) is 57.6 Å². The van der Waals surface area contributed by atoms with Crippen molar-refractivity contribution in [1.82, 2.24) is 10.2 Å². The van der Waals surface area contributed by atoms with E-state index in [9.17, 15) is 0 Å². The van der Waals surface area contributed by atoms with Gasteiger partial charge < -0.3 is 15.0 Å². The lowest BCUT2D eigenvalue weighted by Crippen LogP contribution is -2.52. The Bertz CT molecular complexity index is 290. The first-order valence-electron chi connectivity index (χ1n) is 8.03. The lowest BCUT2D eigenvalue weighted by atomic mass is 9.96. The summed E-state index contributed by atoms with van der Waals surface area (Å²) < 4.78 is 6.06. The minimum atomic E-state index is 0.328. The Labute approximate surface area is 118 Å². The summed E-state index contributed by atoms with van der Waals surface area (Å²) in [6, 6.07) is 0.431. The first kappa shape index (κ1) is 15.0. The Hall–Kier alpha value is -0.380. The van der Waals surface area contributed by atoms with Gasteiger partial charge in [0.1, 0.15) is 0 Å². The van der Waals surface area contributed by atoms with Gasteiger partial charge in [-0.2, -0.15) is 0 Å². The van der Waals surface area contributed by atoms with Crippen molar-refractivity contribution in [2.24, 2.45) is 0 Å². The zero-order chi connectivity index (χ0) is 13.5. The van der Waals surface area contributed by atoms with Crippen LogP contribution in [0, 0.1) is 0 Å². The third-order valence-electron chi connectivity index (χ3n) is 4.26. The van der Waals surface area contributed by atoms with Gasteiger partial charge in [-0.15, -0.1) is 0 Å². The molecule has 2 rings (SSSR count). The van der Waals surface area contributed by atoms with Crippen LogP contribution in [0.15, 0.2) is 11.6 Å². The van der Waals surface area contributed by atoms with Gasteiger partial charge in [-0.05, 0) is 45.7 Å². The molecule has 3 nitrogen and oxygen atoms in total. The molecule has 0 radical (unpaired) electrons. The summed E-state index contributed by atoms with van der Waals surface area (Å²) in [6.45, 7) is 6.32. The molecule has 2 atom stereocenters. The normalized spacial score (nSPS) is 27.7. The molecule has 1 aliphatic heterocycles. The van der Waals surface area contributed by atoms with E-state index in [1.165, 1.54) is 38.5 Å². The van der Waals surface area contributed by atoms with Crippen molar-refractivity contribution >= 4 is 0 Å². The van der Waals surface area contributed by atoms with Crippen molar-refractivity contribution in [1.29, 1.82) is 0 Å². The predicted octanol–water partition coefficient (Wildman–Crippen LogP) is 2.58. The van der Waals surface area contributed by atoms with Crippen LogP contribution < -0.4 is 5.32 Å². The van der Waals surface area contributed by atoms with E-state index in [-0.39, 0.29) is 0 Å². The van der Waals surface area contributed by atoms with E-state index in [4.69, 9.17) is 4.74 Å². The van der Waals surface area contributed by atoms with Crippen molar-refractivity contribution in [3.8, 4) is 0 Å². The summed E-state index contributed by atoms with van der Waals surface area (Å²) in [7, 11) is 2.20. The Morgan fingerprint density at radius 1 is 1.42 bits per heavy atom. The first-order valence-corrected chi connectivity index (χ1v) is 8.03. The second-order valence-corrected chi connectivity index (χ2v) is 5.98. The van der Waals surface area contributed by atoms with Gasteiger partial charge in [-0.1, -0.05) is 25.0 Å². The van der Waals surface area contributed by atoms with Gasteiger partial charge in [-0.25, -0.2) is 0 Å². The number of likely N-dealkylation sites (N-methyl/N-ethyl adjacent to an activating group) is 1. The van der Waals surface area contributed by atoms with Crippen LogP contribution in [0.5, 0.6) is 0 Å². The van der Waals surface area contributed by atoms with Crippen LogP contribution in [0.3, 0.4) is 0 Å². The maximum absolute atomic E-state index is 6.06. The molecule has 1 saturated heterocycles. The Kier molecular flexibility index (Phi) is 6.35. The highest BCUT2D eigenvalue weighted by Crippen LogP contribution is 2.24. The van der Waals surface area contributed by atoms with Gasteiger partial charge in [0.25, 0.3) is 0 Å². The van der Waals surface area contributed by atoms with Crippen molar-refractivity contribution in [3.05, 3.63) is 11.6 Å². The monoisotopic (exact) mass is 266 g/mol. The molecule has 0 aromatic heterocycles. The maximum atomic E-state index is 6.06. The largest absolute Gasteiger partial charge is 0.374 e. The molecular formula is C16H30N2O. The lowest BCUT2D eigenvalue weighted by molar-refractivity contribution is -0.0327. The molecule has 1 N–H and O–H groups in total. The van der Waals surface area contributed by atoms with Gasteiger partial charge in [0.2, 0.25) is 0 Å². The zero-order valence-electron chi connectivity index (χ0n) is 12.7. The Balaban J connectivity index is 2.02. The Morgan fingerprint density at radius 3 is 3.11 bits per heavy atom. The van der Waals surface area contributed by atoms with E-state index >= 15 is 0 Å². The molecule has 0 saturated carbocycles. The zero-order valence-corrected chi connectivity index (χ0v) is 12.7. The average Bonchev–Trinajstić information content (AvgIpc) is 2.68. The average molecular weight is 266 g/mol. The molecule has 0 aromatic rings. The van der Waals surface area contributed by atoms with Crippen LogP contribution in [-0.4, -0.2) is 50.3 Å². The van der Waals surface area contributed by atoms with Gasteiger partial charge >= 0.3 is 0 Å². The molecular weight excluding hydrogens is 236 g/mol. The molecule has 110 valence electrons. The lowest BCUT2D eigenvalue weighted by Gasteiger charge is -2.37. The molecule has 0 bridgehead atoms. The quantitative estimate of drug-likeness (QED) is 0.774.